The lowest BCUT2D eigenvalue weighted by Crippen LogP contribution is -2.34. The Balaban J connectivity index is 1.76. The first-order chi connectivity index (χ1) is 13.0. The molecular weight excluding hydrogens is 353 g/mol. The second kappa shape index (κ2) is 8.13. The van der Waals surface area contributed by atoms with Crippen LogP contribution in [0.3, 0.4) is 0 Å². The van der Waals surface area contributed by atoms with Crippen LogP contribution in [0, 0.1) is 17.7 Å². The van der Waals surface area contributed by atoms with Crippen LogP contribution >= 0.6 is 0 Å². The maximum Gasteiger partial charge on any atom is 0.311 e. The Morgan fingerprint density at radius 2 is 2.04 bits per heavy atom. The molecule has 1 aliphatic heterocycles. The number of carbonyl (C=O) groups is 2. The first kappa shape index (κ1) is 18.8. The summed E-state index contributed by atoms with van der Waals surface area (Å²) in [6.45, 7) is 2.59. The zero-order valence-electron chi connectivity index (χ0n) is 14.8. The molecule has 0 bridgehead atoms. The van der Waals surface area contributed by atoms with Crippen LogP contribution in [0.2, 0.25) is 0 Å². The number of aromatic nitrogens is 1. The summed E-state index contributed by atoms with van der Waals surface area (Å²) in [4.78, 5) is 36.3. The molecule has 1 aromatic heterocycles. The van der Waals surface area contributed by atoms with Gasteiger partial charge in [0.2, 0.25) is 5.91 Å². The molecule has 0 unspecified atom stereocenters. The van der Waals surface area contributed by atoms with E-state index in [9.17, 15) is 18.8 Å². The Bertz CT molecular complexity index is 912. The molecule has 0 saturated carbocycles. The van der Waals surface area contributed by atoms with Gasteiger partial charge in [0.15, 0.2) is 0 Å². The summed E-state index contributed by atoms with van der Waals surface area (Å²) in [5, 5.41) is 5.51. The van der Waals surface area contributed by atoms with Crippen LogP contribution in [-0.2, 0) is 14.3 Å². The summed E-state index contributed by atoms with van der Waals surface area (Å²) in [6, 6.07) is 8.74. The summed E-state index contributed by atoms with van der Waals surface area (Å²) >= 11 is 0. The van der Waals surface area contributed by atoms with E-state index in [-0.39, 0.29) is 17.9 Å². The van der Waals surface area contributed by atoms with E-state index in [1.165, 1.54) is 35.0 Å². The molecule has 1 saturated heterocycles. The number of hydrogen-bond acceptors (Lipinski definition) is 5. The Kier molecular flexibility index (Phi) is 5.66. The average Bonchev–Trinajstić information content (AvgIpc) is 3.14. The highest BCUT2D eigenvalue weighted by Crippen LogP contribution is 2.23. The molecule has 2 atom stereocenters. The van der Waals surface area contributed by atoms with Gasteiger partial charge < -0.3 is 15.4 Å². The molecule has 1 amide bonds. The van der Waals surface area contributed by atoms with Crippen LogP contribution in [0.15, 0.2) is 47.4 Å². The zero-order chi connectivity index (χ0) is 19.4. The predicted molar refractivity (Wildman–Crippen MR) is 97.1 cm³/mol. The fourth-order valence-corrected chi connectivity index (χ4v) is 3.07. The number of ether oxygens (including phenoxy) is 1. The van der Waals surface area contributed by atoms with E-state index < -0.39 is 29.5 Å². The van der Waals surface area contributed by atoms with Crippen LogP contribution in [0.1, 0.15) is 6.92 Å². The summed E-state index contributed by atoms with van der Waals surface area (Å²) in [7, 11) is 0. The van der Waals surface area contributed by atoms with Gasteiger partial charge in [0.25, 0.3) is 5.56 Å². The second-order valence-corrected chi connectivity index (χ2v) is 6.19. The molecule has 3 rings (SSSR count). The first-order valence-corrected chi connectivity index (χ1v) is 8.67. The standard InChI is InChI=1S/C19H20FN3O4/c1-2-27-19(26)14-11-21-10-13(14)18(25)22-16-7-6-12(9-15(16)20)23-8-4-3-5-17(23)24/h3-9,13-14,21H,2,10-11H2,1H3,(H,22,25)/t13-,14-/m0/s1. The van der Waals surface area contributed by atoms with Gasteiger partial charge in [-0.25, -0.2) is 4.39 Å². The Morgan fingerprint density at radius 3 is 2.74 bits per heavy atom. The highest BCUT2D eigenvalue weighted by molar-refractivity contribution is 5.96. The number of hydrogen-bond donors (Lipinski definition) is 2. The number of amides is 1. The highest BCUT2D eigenvalue weighted by Gasteiger charge is 2.38. The number of carbonyl (C=O) groups excluding carboxylic acids is 2. The van der Waals surface area contributed by atoms with Crippen molar-refractivity contribution in [2.24, 2.45) is 11.8 Å². The maximum atomic E-state index is 14.5. The van der Waals surface area contributed by atoms with Gasteiger partial charge in [0.1, 0.15) is 5.82 Å². The number of esters is 1. The smallest absolute Gasteiger partial charge is 0.311 e. The van der Waals surface area contributed by atoms with Crippen LogP contribution < -0.4 is 16.2 Å². The lowest BCUT2D eigenvalue weighted by Gasteiger charge is -2.17. The van der Waals surface area contributed by atoms with E-state index >= 15 is 0 Å². The Hall–Kier alpha value is -3.00. The Labute approximate surface area is 155 Å². The van der Waals surface area contributed by atoms with E-state index in [1.54, 1.807) is 19.1 Å². The maximum absolute atomic E-state index is 14.5. The average molecular weight is 373 g/mol. The number of nitrogens with zero attached hydrogens (tertiary/aromatic N) is 1. The second-order valence-electron chi connectivity index (χ2n) is 6.19. The van der Waals surface area contributed by atoms with Crippen molar-refractivity contribution in [1.82, 2.24) is 9.88 Å². The molecule has 2 aromatic rings. The quantitative estimate of drug-likeness (QED) is 0.772. The molecule has 1 aromatic carbocycles. The van der Waals surface area contributed by atoms with Gasteiger partial charge in [-0.2, -0.15) is 0 Å². The van der Waals surface area contributed by atoms with Crippen molar-refractivity contribution in [2.45, 2.75) is 6.92 Å². The van der Waals surface area contributed by atoms with Crippen molar-refractivity contribution < 1.29 is 18.7 Å². The van der Waals surface area contributed by atoms with E-state index in [4.69, 9.17) is 4.74 Å². The molecule has 7 nitrogen and oxygen atoms in total. The van der Waals surface area contributed by atoms with Crippen LogP contribution in [-0.4, -0.2) is 36.1 Å². The van der Waals surface area contributed by atoms with Gasteiger partial charge in [-0.15, -0.1) is 0 Å². The van der Waals surface area contributed by atoms with Crippen LogP contribution in [0.4, 0.5) is 10.1 Å². The molecule has 0 spiro atoms. The lowest BCUT2D eigenvalue weighted by atomic mass is 9.95. The van der Waals surface area contributed by atoms with Gasteiger partial charge in [-0.3, -0.25) is 19.0 Å². The van der Waals surface area contributed by atoms with Crippen LogP contribution in [0.5, 0.6) is 0 Å². The van der Waals surface area contributed by atoms with Crippen LogP contribution in [0.25, 0.3) is 5.69 Å². The van der Waals surface area contributed by atoms with E-state index in [1.807, 2.05) is 0 Å². The number of halogens is 1. The number of anilines is 1. The molecule has 0 aliphatic carbocycles. The molecule has 1 fully saturated rings. The van der Waals surface area contributed by atoms with Gasteiger partial charge in [0, 0.05) is 31.4 Å². The van der Waals surface area contributed by atoms with E-state index in [2.05, 4.69) is 10.6 Å². The molecular formula is C19H20FN3O4. The largest absolute Gasteiger partial charge is 0.466 e. The van der Waals surface area contributed by atoms with Crippen molar-refractivity contribution in [3.8, 4) is 5.69 Å². The normalized spacial score (nSPS) is 18.9. The highest BCUT2D eigenvalue weighted by atomic mass is 19.1. The Morgan fingerprint density at radius 1 is 1.26 bits per heavy atom. The van der Waals surface area contributed by atoms with Crippen molar-refractivity contribution in [3.05, 3.63) is 58.8 Å². The molecule has 2 N–H and O–H groups in total. The third-order valence-electron chi connectivity index (χ3n) is 4.45. The third-order valence-corrected chi connectivity index (χ3v) is 4.45. The number of rotatable bonds is 5. The predicted octanol–water partition coefficient (Wildman–Crippen LogP) is 1.31. The summed E-state index contributed by atoms with van der Waals surface area (Å²) < 4.78 is 20.7. The van der Waals surface area contributed by atoms with Crippen molar-refractivity contribution in [2.75, 3.05) is 25.0 Å². The molecule has 2 heterocycles. The van der Waals surface area contributed by atoms with E-state index in [0.29, 0.717) is 18.8 Å². The lowest BCUT2D eigenvalue weighted by molar-refractivity contribution is -0.150. The summed E-state index contributed by atoms with van der Waals surface area (Å²) in [6.07, 6.45) is 1.53. The fourth-order valence-electron chi connectivity index (χ4n) is 3.07. The number of benzene rings is 1. The number of pyridine rings is 1. The minimum Gasteiger partial charge on any atom is -0.466 e. The molecule has 142 valence electrons. The summed E-state index contributed by atoms with van der Waals surface area (Å²) in [5.74, 6) is -2.81. The SMILES string of the molecule is CCOC(=O)[C@H]1CNC[C@@H]1C(=O)Nc1ccc(-n2ccccc2=O)cc1F. The minimum atomic E-state index is -0.671. The summed E-state index contributed by atoms with van der Waals surface area (Å²) in [5.41, 5.74) is 0.0493. The van der Waals surface area contributed by atoms with Gasteiger partial charge in [0.05, 0.1) is 29.8 Å². The molecule has 1 aliphatic rings. The van der Waals surface area contributed by atoms with Crippen molar-refractivity contribution >= 4 is 17.6 Å². The van der Waals surface area contributed by atoms with Gasteiger partial charge in [-0.1, -0.05) is 6.07 Å². The third kappa shape index (κ3) is 4.06. The zero-order valence-corrected chi connectivity index (χ0v) is 14.8. The molecule has 0 radical (unpaired) electrons. The minimum absolute atomic E-state index is 0.0118. The van der Waals surface area contributed by atoms with Crippen molar-refractivity contribution in [3.63, 3.8) is 0 Å². The van der Waals surface area contributed by atoms with E-state index in [0.717, 1.165) is 0 Å². The fraction of sp³-hybridized carbons (Fsp3) is 0.316. The van der Waals surface area contributed by atoms with Gasteiger partial charge >= 0.3 is 5.97 Å². The number of nitrogens with one attached hydrogen (secondary N) is 2. The van der Waals surface area contributed by atoms with Gasteiger partial charge in [-0.05, 0) is 25.1 Å². The first-order valence-electron chi connectivity index (χ1n) is 8.67. The molecule has 8 heteroatoms. The monoisotopic (exact) mass is 373 g/mol. The topological polar surface area (TPSA) is 89.4 Å². The molecule has 27 heavy (non-hydrogen) atoms. The van der Waals surface area contributed by atoms with Crippen molar-refractivity contribution in [1.29, 1.82) is 0 Å².